The highest BCUT2D eigenvalue weighted by atomic mass is 32.2. The van der Waals surface area contributed by atoms with E-state index in [1.54, 1.807) is 7.05 Å². The van der Waals surface area contributed by atoms with Gasteiger partial charge in [0.05, 0.1) is 11.5 Å². The molecule has 20 heavy (non-hydrogen) atoms. The van der Waals surface area contributed by atoms with E-state index in [0.717, 1.165) is 31.2 Å². The van der Waals surface area contributed by atoms with Crippen LogP contribution in [0.2, 0.25) is 0 Å². The number of nitrogens with zero attached hydrogens (tertiary/aromatic N) is 2. The molecule has 2 saturated heterocycles. The minimum atomic E-state index is -2.79. The van der Waals surface area contributed by atoms with Crippen molar-refractivity contribution in [3.8, 4) is 0 Å². The van der Waals surface area contributed by atoms with Crippen LogP contribution in [0.1, 0.15) is 20.3 Å². The first kappa shape index (κ1) is 15.9. The summed E-state index contributed by atoms with van der Waals surface area (Å²) in [5.74, 6) is 2.89. The van der Waals surface area contributed by atoms with E-state index in [1.807, 2.05) is 11.8 Å². The summed E-state index contributed by atoms with van der Waals surface area (Å²) in [5, 5.41) is 3.36. The Morgan fingerprint density at radius 2 is 2.25 bits per heavy atom. The Bertz CT molecular complexity index is 474. The molecule has 2 aliphatic heterocycles. The first-order chi connectivity index (χ1) is 9.31. The molecule has 7 heteroatoms. The third-order valence-corrected chi connectivity index (χ3v) is 6.95. The van der Waals surface area contributed by atoms with Crippen molar-refractivity contribution in [2.45, 2.75) is 25.0 Å². The fourth-order valence-corrected chi connectivity index (χ4v) is 5.77. The molecule has 0 aromatic carbocycles. The third-order valence-electron chi connectivity index (χ3n) is 3.81. The Kier molecular flexibility index (Phi) is 4.89. The van der Waals surface area contributed by atoms with Gasteiger partial charge >= 0.3 is 0 Å². The first-order valence-electron chi connectivity index (χ1n) is 7.11. The first-order valence-corrected chi connectivity index (χ1v) is 9.92. The van der Waals surface area contributed by atoms with Gasteiger partial charge in [-0.25, -0.2) is 8.42 Å². The number of rotatable bonds is 2. The predicted octanol–water partition coefficient (Wildman–Crippen LogP) is 0.824. The van der Waals surface area contributed by atoms with Crippen LogP contribution in [-0.4, -0.2) is 68.0 Å². The van der Waals surface area contributed by atoms with Gasteiger partial charge in [-0.2, -0.15) is 11.8 Å². The van der Waals surface area contributed by atoms with Crippen molar-refractivity contribution in [2.75, 3.05) is 43.9 Å². The summed E-state index contributed by atoms with van der Waals surface area (Å²) < 4.78 is 23.2. The number of hydrogen-bond donors (Lipinski definition) is 1. The van der Waals surface area contributed by atoms with Gasteiger partial charge in [0, 0.05) is 37.2 Å². The Hall–Kier alpha value is -0.430. The summed E-state index contributed by atoms with van der Waals surface area (Å²) in [6.45, 7) is 7.17. The Morgan fingerprint density at radius 3 is 2.80 bits per heavy atom. The van der Waals surface area contributed by atoms with E-state index in [1.165, 1.54) is 0 Å². The summed E-state index contributed by atoms with van der Waals surface area (Å²) in [7, 11) is -0.996. The van der Waals surface area contributed by atoms with Crippen LogP contribution >= 0.6 is 11.8 Å². The molecule has 0 aliphatic carbocycles. The zero-order chi connectivity index (χ0) is 14.8. The molecule has 2 rings (SSSR count). The van der Waals surface area contributed by atoms with Crippen molar-refractivity contribution >= 4 is 27.6 Å². The molecule has 0 saturated carbocycles. The van der Waals surface area contributed by atoms with Gasteiger partial charge in [-0.15, -0.1) is 0 Å². The van der Waals surface area contributed by atoms with E-state index in [-0.39, 0.29) is 10.7 Å². The highest BCUT2D eigenvalue weighted by molar-refractivity contribution is 8.00. The lowest BCUT2D eigenvalue weighted by molar-refractivity contribution is 0.372. The molecule has 0 spiro atoms. The van der Waals surface area contributed by atoms with Gasteiger partial charge in [0.15, 0.2) is 15.8 Å². The van der Waals surface area contributed by atoms with Crippen LogP contribution in [0.15, 0.2) is 4.99 Å². The molecule has 116 valence electrons. The van der Waals surface area contributed by atoms with Crippen molar-refractivity contribution in [1.82, 2.24) is 10.2 Å². The van der Waals surface area contributed by atoms with E-state index in [2.05, 4.69) is 29.1 Å². The van der Waals surface area contributed by atoms with E-state index in [0.29, 0.717) is 18.1 Å². The second kappa shape index (κ2) is 6.13. The lowest BCUT2D eigenvalue weighted by Crippen LogP contribution is -2.51. The second-order valence-electron chi connectivity index (χ2n) is 6.23. The quantitative estimate of drug-likeness (QED) is 0.603. The molecule has 0 bridgehead atoms. The molecular formula is C13H25N3O2S2. The summed E-state index contributed by atoms with van der Waals surface area (Å²) >= 11 is 1.99. The number of hydrogen-bond acceptors (Lipinski definition) is 4. The summed E-state index contributed by atoms with van der Waals surface area (Å²) in [4.78, 5) is 6.63. The van der Waals surface area contributed by atoms with Crippen molar-refractivity contribution in [3.05, 3.63) is 0 Å². The fraction of sp³-hybridized carbons (Fsp3) is 0.923. The van der Waals surface area contributed by atoms with Crippen LogP contribution < -0.4 is 5.32 Å². The third kappa shape index (κ3) is 4.28. The Morgan fingerprint density at radius 1 is 1.50 bits per heavy atom. The molecule has 0 radical (unpaired) electrons. The van der Waals surface area contributed by atoms with E-state index >= 15 is 0 Å². The minimum absolute atomic E-state index is 0.226. The molecular weight excluding hydrogens is 294 g/mol. The normalized spacial score (nSPS) is 29.4. The molecule has 1 atom stereocenters. The summed E-state index contributed by atoms with van der Waals surface area (Å²) in [5.41, 5.74) is 0. The standard InChI is InChI=1S/C13H25N3O2S2/c1-13(2)10-16(5-6-19-13)12(14-3)15-8-11-4-7-20(17,18)9-11/h11H,4-10H2,1-3H3,(H,14,15). The number of sulfone groups is 1. The molecule has 5 nitrogen and oxygen atoms in total. The number of thioether (sulfide) groups is 1. The largest absolute Gasteiger partial charge is 0.356 e. The smallest absolute Gasteiger partial charge is 0.193 e. The monoisotopic (exact) mass is 319 g/mol. The zero-order valence-electron chi connectivity index (χ0n) is 12.6. The average molecular weight is 319 g/mol. The van der Waals surface area contributed by atoms with Crippen molar-refractivity contribution in [1.29, 1.82) is 0 Å². The number of nitrogens with one attached hydrogen (secondary N) is 1. The average Bonchev–Trinajstić information content (AvgIpc) is 2.68. The zero-order valence-corrected chi connectivity index (χ0v) is 14.2. The molecule has 0 aromatic heterocycles. The molecule has 0 amide bonds. The highest BCUT2D eigenvalue weighted by Gasteiger charge is 2.30. The Balaban J connectivity index is 1.87. The van der Waals surface area contributed by atoms with Gasteiger partial charge < -0.3 is 10.2 Å². The molecule has 2 fully saturated rings. The van der Waals surface area contributed by atoms with Gasteiger partial charge in [0.25, 0.3) is 0 Å². The molecule has 2 aliphatic rings. The van der Waals surface area contributed by atoms with Crippen molar-refractivity contribution < 1.29 is 8.42 Å². The lowest BCUT2D eigenvalue weighted by atomic mass is 10.1. The molecule has 1 N–H and O–H groups in total. The van der Waals surface area contributed by atoms with Crippen molar-refractivity contribution in [2.24, 2.45) is 10.9 Å². The van der Waals surface area contributed by atoms with Gasteiger partial charge in [0.1, 0.15) is 0 Å². The summed E-state index contributed by atoms with van der Waals surface area (Å²) in [6, 6.07) is 0. The topological polar surface area (TPSA) is 61.8 Å². The van der Waals surface area contributed by atoms with Crippen LogP contribution in [0.3, 0.4) is 0 Å². The van der Waals surface area contributed by atoms with Crippen LogP contribution in [0.4, 0.5) is 0 Å². The Labute approximate surface area is 126 Å². The van der Waals surface area contributed by atoms with Gasteiger partial charge in [-0.3, -0.25) is 4.99 Å². The highest BCUT2D eigenvalue weighted by Crippen LogP contribution is 2.29. The van der Waals surface area contributed by atoms with Gasteiger partial charge in [-0.1, -0.05) is 0 Å². The SMILES string of the molecule is CN=C(NCC1CCS(=O)(=O)C1)N1CCSC(C)(C)C1. The fourth-order valence-electron chi connectivity index (χ4n) is 2.80. The van der Waals surface area contributed by atoms with E-state index in [4.69, 9.17) is 0 Å². The number of guanidine groups is 1. The maximum absolute atomic E-state index is 11.5. The van der Waals surface area contributed by atoms with E-state index in [9.17, 15) is 8.42 Å². The van der Waals surface area contributed by atoms with Crippen LogP contribution in [0.25, 0.3) is 0 Å². The number of aliphatic imine (C=N–C) groups is 1. The van der Waals surface area contributed by atoms with Gasteiger partial charge in [0.2, 0.25) is 0 Å². The molecule has 1 unspecified atom stereocenters. The maximum atomic E-state index is 11.5. The minimum Gasteiger partial charge on any atom is -0.356 e. The molecule has 0 aromatic rings. The van der Waals surface area contributed by atoms with Gasteiger partial charge in [-0.05, 0) is 26.2 Å². The van der Waals surface area contributed by atoms with Crippen molar-refractivity contribution in [3.63, 3.8) is 0 Å². The van der Waals surface area contributed by atoms with E-state index < -0.39 is 9.84 Å². The lowest BCUT2D eigenvalue weighted by Gasteiger charge is -2.39. The van der Waals surface area contributed by atoms with Crippen LogP contribution in [-0.2, 0) is 9.84 Å². The predicted molar refractivity (Wildman–Crippen MR) is 86.2 cm³/mol. The van der Waals surface area contributed by atoms with Crippen LogP contribution in [0, 0.1) is 5.92 Å². The second-order valence-corrected chi connectivity index (χ2v) is 10.3. The maximum Gasteiger partial charge on any atom is 0.193 e. The van der Waals surface area contributed by atoms with Crippen LogP contribution in [0.5, 0.6) is 0 Å². The molecule has 2 heterocycles. The summed E-state index contributed by atoms with van der Waals surface area (Å²) in [6.07, 6.45) is 0.772.